The predicted octanol–water partition coefficient (Wildman–Crippen LogP) is 3.80. The standard InChI is InChI=1S/C22H26N4O2/c1-27-19-8-6-17(7-9-19)10-12-23-21-15-22(26-16-25-21)24-13-11-18-4-3-5-20(14-18)28-2/h3-9,14-16H,10-13H2,1-2H3,(H2,23,24,25,26). The van der Waals surface area contributed by atoms with E-state index in [1.165, 1.54) is 11.1 Å². The smallest absolute Gasteiger partial charge is 0.131 e. The van der Waals surface area contributed by atoms with E-state index in [1.807, 2.05) is 36.4 Å². The molecule has 0 aliphatic heterocycles. The molecule has 0 radical (unpaired) electrons. The molecule has 3 rings (SSSR count). The topological polar surface area (TPSA) is 68.3 Å². The maximum absolute atomic E-state index is 5.26. The molecule has 2 N–H and O–H groups in total. The summed E-state index contributed by atoms with van der Waals surface area (Å²) in [6, 6.07) is 18.1. The second-order valence-corrected chi connectivity index (χ2v) is 6.34. The normalized spacial score (nSPS) is 10.4. The van der Waals surface area contributed by atoms with E-state index in [2.05, 4.69) is 38.8 Å². The summed E-state index contributed by atoms with van der Waals surface area (Å²) in [4.78, 5) is 8.58. The SMILES string of the molecule is COc1ccc(CCNc2cc(NCCc3cccc(OC)c3)ncn2)cc1. The van der Waals surface area contributed by atoms with Gasteiger partial charge in [0, 0.05) is 19.2 Å². The summed E-state index contributed by atoms with van der Waals surface area (Å²) in [5, 5.41) is 6.69. The van der Waals surface area contributed by atoms with Crippen molar-refractivity contribution < 1.29 is 9.47 Å². The van der Waals surface area contributed by atoms with Gasteiger partial charge in [0.15, 0.2) is 0 Å². The molecule has 0 bridgehead atoms. The fraction of sp³-hybridized carbons (Fsp3) is 0.273. The van der Waals surface area contributed by atoms with Crippen LogP contribution in [0.1, 0.15) is 11.1 Å². The van der Waals surface area contributed by atoms with Crippen LogP contribution in [0.3, 0.4) is 0 Å². The minimum atomic E-state index is 0.787. The van der Waals surface area contributed by atoms with Gasteiger partial charge >= 0.3 is 0 Å². The number of aromatic nitrogens is 2. The molecule has 3 aromatic rings. The zero-order chi connectivity index (χ0) is 19.6. The number of benzene rings is 2. The van der Waals surface area contributed by atoms with Crippen molar-refractivity contribution in [1.29, 1.82) is 0 Å². The summed E-state index contributed by atoms with van der Waals surface area (Å²) >= 11 is 0. The van der Waals surface area contributed by atoms with E-state index in [9.17, 15) is 0 Å². The van der Waals surface area contributed by atoms with Crippen molar-refractivity contribution in [2.24, 2.45) is 0 Å². The number of anilines is 2. The number of methoxy groups -OCH3 is 2. The number of hydrogen-bond acceptors (Lipinski definition) is 6. The Kier molecular flexibility index (Phi) is 7.07. The average Bonchev–Trinajstić information content (AvgIpc) is 2.75. The van der Waals surface area contributed by atoms with Gasteiger partial charge in [-0.15, -0.1) is 0 Å². The third-order valence-corrected chi connectivity index (χ3v) is 4.40. The van der Waals surface area contributed by atoms with E-state index in [0.717, 1.165) is 49.1 Å². The van der Waals surface area contributed by atoms with Crippen molar-refractivity contribution in [3.8, 4) is 11.5 Å². The molecule has 0 saturated heterocycles. The van der Waals surface area contributed by atoms with Crippen molar-refractivity contribution >= 4 is 11.6 Å². The Balaban J connectivity index is 1.45. The van der Waals surface area contributed by atoms with Crippen LogP contribution in [0.5, 0.6) is 11.5 Å². The minimum absolute atomic E-state index is 0.787. The lowest BCUT2D eigenvalue weighted by atomic mass is 10.1. The van der Waals surface area contributed by atoms with Crippen LogP contribution in [0.15, 0.2) is 60.9 Å². The van der Waals surface area contributed by atoms with Gasteiger partial charge in [0.05, 0.1) is 14.2 Å². The maximum atomic E-state index is 5.26. The molecule has 0 amide bonds. The van der Waals surface area contributed by atoms with Gasteiger partial charge in [0.2, 0.25) is 0 Å². The highest BCUT2D eigenvalue weighted by molar-refractivity contribution is 5.46. The van der Waals surface area contributed by atoms with Gasteiger partial charge in [-0.3, -0.25) is 0 Å². The first-order valence-electron chi connectivity index (χ1n) is 9.32. The highest BCUT2D eigenvalue weighted by Crippen LogP contribution is 2.14. The van der Waals surface area contributed by atoms with E-state index in [4.69, 9.17) is 9.47 Å². The number of nitrogens with one attached hydrogen (secondary N) is 2. The van der Waals surface area contributed by atoms with E-state index in [1.54, 1.807) is 20.5 Å². The van der Waals surface area contributed by atoms with Gasteiger partial charge in [-0.05, 0) is 48.2 Å². The largest absolute Gasteiger partial charge is 0.497 e. The Morgan fingerprint density at radius 1 is 0.714 bits per heavy atom. The molecule has 0 aliphatic rings. The summed E-state index contributed by atoms with van der Waals surface area (Å²) in [7, 11) is 3.36. The Hall–Kier alpha value is -3.28. The molecule has 1 aromatic heterocycles. The second kappa shape index (κ2) is 10.2. The Morgan fingerprint density at radius 2 is 1.36 bits per heavy atom. The lowest BCUT2D eigenvalue weighted by Gasteiger charge is -2.09. The molecule has 1 heterocycles. The van der Waals surface area contributed by atoms with Gasteiger partial charge in [-0.25, -0.2) is 9.97 Å². The third kappa shape index (κ3) is 5.87. The average molecular weight is 378 g/mol. The highest BCUT2D eigenvalue weighted by atomic mass is 16.5. The molecular weight excluding hydrogens is 352 g/mol. The van der Waals surface area contributed by atoms with Crippen molar-refractivity contribution in [1.82, 2.24) is 9.97 Å². The number of ether oxygens (including phenoxy) is 2. The number of nitrogens with zero attached hydrogens (tertiary/aromatic N) is 2. The van der Waals surface area contributed by atoms with Crippen molar-refractivity contribution in [3.05, 3.63) is 72.1 Å². The van der Waals surface area contributed by atoms with Gasteiger partial charge in [0.25, 0.3) is 0 Å². The first kappa shape index (κ1) is 19.5. The number of rotatable bonds is 10. The Bertz CT molecular complexity index is 868. The lowest BCUT2D eigenvalue weighted by molar-refractivity contribution is 0.414. The van der Waals surface area contributed by atoms with Crippen molar-refractivity contribution in [2.45, 2.75) is 12.8 Å². The zero-order valence-electron chi connectivity index (χ0n) is 16.3. The molecule has 0 spiro atoms. The third-order valence-electron chi connectivity index (χ3n) is 4.40. The minimum Gasteiger partial charge on any atom is -0.497 e. The zero-order valence-corrected chi connectivity index (χ0v) is 16.3. The molecule has 6 nitrogen and oxygen atoms in total. The van der Waals surface area contributed by atoms with Crippen LogP contribution >= 0.6 is 0 Å². The summed E-state index contributed by atoms with van der Waals surface area (Å²) < 4.78 is 10.4. The van der Waals surface area contributed by atoms with Gasteiger partial charge in [0.1, 0.15) is 29.5 Å². The molecule has 0 unspecified atom stereocenters. The van der Waals surface area contributed by atoms with Crippen LogP contribution in [0.4, 0.5) is 11.6 Å². The molecule has 146 valence electrons. The summed E-state index contributed by atoms with van der Waals surface area (Å²) in [6.45, 7) is 1.59. The van der Waals surface area contributed by atoms with Crippen molar-refractivity contribution in [2.75, 3.05) is 37.9 Å². The Labute approximate surface area is 166 Å². The van der Waals surface area contributed by atoms with Crippen LogP contribution in [0.2, 0.25) is 0 Å². The van der Waals surface area contributed by atoms with E-state index in [0.29, 0.717) is 0 Å². The molecule has 0 saturated carbocycles. The van der Waals surface area contributed by atoms with Gasteiger partial charge in [-0.2, -0.15) is 0 Å². The van der Waals surface area contributed by atoms with Crippen LogP contribution < -0.4 is 20.1 Å². The summed E-state index contributed by atoms with van der Waals surface area (Å²) in [5.41, 5.74) is 2.47. The van der Waals surface area contributed by atoms with E-state index in [-0.39, 0.29) is 0 Å². The molecule has 2 aromatic carbocycles. The first-order chi connectivity index (χ1) is 13.8. The molecule has 0 atom stereocenters. The monoisotopic (exact) mass is 378 g/mol. The molecule has 6 heteroatoms. The van der Waals surface area contributed by atoms with Crippen LogP contribution in [-0.2, 0) is 12.8 Å². The predicted molar refractivity (Wildman–Crippen MR) is 112 cm³/mol. The van der Waals surface area contributed by atoms with Gasteiger partial charge < -0.3 is 20.1 Å². The number of hydrogen-bond donors (Lipinski definition) is 2. The Morgan fingerprint density at radius 3 is 2.00 bits per heavy atom. The molecule has 28 heavy (non-hydrogen) atoms. The summed E-state index contributed by atoms with van der Waals surface area (Å²) in [6.07, 6.45) is 3.37. The summed E-state index contributed by atoms with van der Waals surface area (Å²) in [5.74, 6) is 3.37. The molecule has 0 aliphatic carbocycles. The maximum Gasteiger partial charge on any atom is 0.131 e. The second-order valence-electron chi connectivity index (χ2n) is 6.34. The van der Waals surface area contributed by atoms with Crippen LogP contribution in [0, 0.1) is 0 Å². The fourth-order valence-corrected chi connectivity index (χ4v) is 2.84. The lowest BCUT2D eigenvalue weighted by Crippen LogP contribution is -2.09. The highest BCUT2D eigenvalue weighted by Gasteiger charge is 2.01. The van der Waals surface area contributed by atoms with Crippen LogP contribution in [0.25, 0.3) is 0 Å². The van der Waals surface area contributed by atoms with Gasteiger partial charge in [-0.1, -0.05) is 24.3 Å². The van der Waals surface area contributed by atoms with Crippen LogP contribution in [-0.4, -0.2) is 37.3 Å². The molecule has 0 fully saturated rings. The quantitative estimate of drug-likeness (QED) is 0.559. The van der Waals surface area contributed by atoms with E-state index >= 15 is 0 Å². The first-order valence-corrected chi connectivity index (χ1v) is 9.32. The van der Waals surface area contributed by atoms with E-state index < -0.39 is 0 Å². The van der Waals surface area contributed by atoms with Crippen molar-refractivity contribution in [3.63, 3.8) is 0 Å². The molecular formula is C22H26N4O2. The fourth-order valence-electron chi connectivity index (χ4n) is 2.84.